The first-order valence-electron chi connectivity index (χ1n) is 7.91. The van der Waals surface area contributed by atoms with Crippen LogP contribution in [0, 0.1) is 0 Å². The summed E-state index contributed by atoms with van der Waals surface area (Å²) >= 11 is 0. The van der Waals surface area contributed by atoms with Crippen molar-refractivity contribution in [2.45, 2.75) is 6.10 Å². The summed E-state index contributed by atoms with van der Waals surface area (Å²) in [5, 5.41) is 0. The fourth-order valence-corrected chi connectivity index (χ4v) is 2.53. The van der Waals surface area contributed by atoms with Crippen LogP contribution in [0.1, 0.15) is 17.2 Å². The molecule has 2 aromatic rings. The van der Waals surface area contributed by atoms with E-state index in [2.05, 4.69) is 17.4 Å². The molecule has 6 nitrogen and oxygen atoms in total. The van der Waals surface area contributed by atoms with Gasteiger partial charge in [0, 0.05) is 12.7 Å². The van der Waals surface area contributed by atoms with Gasteiger partial charge < -0.3 is 14.2 Å². The molecule has 0 radical (unpaired) electrons. The van der Waals surface area contributed by atoms with E-state index < -0.39 is 6.10 Å². The van der Waals surface area contributed by atoms with Crippen molar-refractivity contribution in [1.29, 1.82) is 0 Å². The molecule has 0 bridgehead atoms. The van der Waals surface area contributed by atoms with Crippen LogP contribution < -0.4 is 20.3 Å². The van der Waals surface area contributed by atoms with Gasteiger partial charge in [0.05, 0.1) is 5.70 Å². The van der Waals surface area contributed by atoms with Crippen LogP contribution in [0.4, 0.5) is 0 Å². The molecule has 1 heterocycles. The highest BCUT2D eigenvalue weighted by atomic mass is 16.6. The second-order valence-electron chi connectivity index (χ2n) is 5.48. The van der Waals surface area contributed by atoms with Crippen molar-refractivity contribution in [2.24, 2.45) is 0 Å². The lowest BCUT2D eigenvalue weighted by Crippen LogP contribution is -2.39. The molecule has 0 saturated heterocycles. The summed E-state index contributed by atoms with van der Waals surface area (Å²) in [6.45, 7) is 5.00. The lowest BCUT2D eigenvalue weighted by atomic mass is 10.1. The molecule has 6 heteroatoms. The Morgan fingerprint density at radius 1 is 1.08 bits per heavy atom. The molecular formula is C19H20N2O4. The van der Waals surface area contributed by atoms with Crippen LogP contribution in [0.15, 0.2) is 55.1 Å². The SMILES string of the molecule is C=C(NNC(=O)[C@H](OC)c1ccccc1)c1ccc2c(c1)OCCO2. The van der Waals surface area contributed by atoms with Crippen molar-refractivity contribution in [1.82, 2.24) is 10.9 Å². The van der Waals surface area contributed by atoms with Crippen molar-refractivity contribution in [2.75, 3.05) is 20.3 Å². The molecule has 3 rings (SSSR count). The summed E-state index contributed by atoms with van der Waals surface area (Å²) in [6, 6.07) is 14.8. The minimum absolute atomic E-state index is 0.313. The van der Waals surface area contributed by atoms with Crippen LogP contribution >= 0.6 is 0 Å². The van der Waals surface area contributed by atoms with Crippen molar-refractivity contribution in [3.8, 4) is 11.5 Å². The number of fused-ring (bicyclic) bond motifs is 1. The van der Waals surface area contributed by atoms with E-state index in [-0.39, 0.29) is 5.91 Å². The number of rotatable bonds is 6. The van der Waals surface area contributed by atoms with Gasteiger partial charge >= 0.3 is 0 Å². The smallest absolute Gasteiger partial charge is 0.272 e. The monoisotopic (exact) mass is 340 g/mol. The van der Waals surface area contributed by atoms with E-state index in [1.165, 1.54) is 7.11 Å². The predicted molar refractivity (Wildman–Crippen MR) is 93.9 cm³/mol. The van der Waals surface area contributed by atoms with Crippen LogP contribution in [0.25, 0.3) is 5.70 Å². The molecule has 0 spiro atoms. The van der Waals surface area contributed by atoms with E-state index in [1.807, 2.05) is 48.5 Å². The average Bonchev–Trinajstić information content (AvgIpc) is 2.67. The zero-order chi connectivity index (χ0) is 17.6. The van der Waals surface area contributed by atoms with E-state index in [0.29, 0.717) is 30.4 Å². The second kappa shape index (κ2) is 7.72. The molecule has 130 valence electrons. The fraction of sp³-hybridized carbons (Fsp3) is 0.211. The molecule has 0 saturated carbocycles. The third kappa shape index (κ3) is 3.92. The number of hydrazine groups is 1. The Morgan fingerprint density at radius 2 is 1.80 bits per heavy atom. The van der Waals surface area contributed by atoms with Crippen LogP contribution in [0.2, 0.25) is 0 Å². The van der Waals surface area contributed by atoms with Crippen molar-refractivity contribution < 1.29 is 19.0 Å². The summed E-state index contributed by atoms with van der Waals surface area (Å²) in [5.74, 6) is 1.06. The summed E-state index contributed by atoms with van der Waals surface area (Å²) < 4.78 is 16.3. The zero-order valence-corrected chi connectivity index (χ0v) is 14.0. The molecule has 2 aromatic carbocycles. The molecule has 25 heavy (non-hydrogen) atoms. The first-order valence-corrected chi connectivity index (χ1v) is 7.91. The number of hydrogen-bond acceptors (Lipinski definition) is 5. The lowest BCUT2D eigenvalue weighted by molar-refractivity contribution is -0.132. The molecule has 1 amide bonds. The summed E-state index contributed by atoms with van der Waals surface area (Å²) in [5.41, 5.74) is 7.54. The van der Waals surface area contributed by atoms with Crippen molar-refractivity contribution in [3.05, 3.63) is 66.2 Å². The van der Waals surface area contributed by atoms with Crippen molar-refractivity contribution in [3.63, 3.8) is 0 Å². The third-order valence-electron chi connectivity index (χ3n) is 3.80. The van der Waals surface area contributed by atoms with E-state index in [4.69, 9.17) is 14.2 Å². The van der Waals surface area contributed by atoms with Crippen LogP contribution in [0.3, 0.4) is 0 Å². The maximum Gasteiger partial charge on any atom is 0.272 e. The van der Waals surface area contributed by atoms with Gasteiger partial charge in [0.25, 0.3) is 5.91 Å². The first-order chi connectivity index (χ1) is 12.2. The van der Waals surface area contributed by atoms with Gasteiger partial charge in [-0.15, -0.1) is 0 Å². The Kier molecular flexibility index (Phi) is 5.20. The number of ether oxygens (including phenoxy) is 3. The van der Waals surface area contributed by atoms with Gasteiger partial charge in [-0.2, -0.15) is 0 Å². The van der Waals surface area contributed by atoms with Gasteiger partial charge in [0.15, 0.2) is 17.6 Å². The summed E-state index contributed by atoms with van der Waals surface area (Å²) in [4.78, 5) is 12.4. The highest BCUT2D eigenvalue weighted by Crippen LogP contribution is 2.32. The highest BCUT2D eigenvalue weighted by Gasteiger charge is 2.20. The molecule has 0 aliphatic carbocycles. The number of carbonyl (C=O) groups excluding carboxylic acids is 1. The Labute approximate surface area is 146 Å². The summed E-state index contributed by atoms with van der Waals surface area (Å²) in [6.07, 6.45) is -0.707. The lowest BCUT2D eigenvalue weighted by Gasteiger charge is -2.20. The van der Waals surface area contributed by atoms with Gasteiger partial charge in [-0.05, 0) is 23.8 Å². The maximum absolute atomic E-state index is 12.4. The van der Waals surface area contributed by atoms with Gasteiger partial charge in [0.2, 0.25) is 0 Å². The molecule has 0 aromatic heterocycles. The quantitative estimate of drug-likeness (QED) is 0.791. The molecule has 2 N–H and O–H groups in total. The number of amides is 1. The van der Waals surface area contributed by atoms with E-state index >= 15 is 0 Å². The zero-order valence-electron chi connectivity index (χ0n) is 14.0. The van der Waals surface area contributed by atoms with E-state index in [1.54, 1.807) is 0 Å². The number of hydrogen-bond donors (Lipinski definition) is 2. The fourth-order valence-electron chi connectivity index (χ4n) is 2.53. The van der Waals surface area contributed by atoms with Gasteiger partial charge in [-0.25, -0.2) is 0 Å². The van der Waals surface area contributed by atoms with Crippen molar-refractivity contribution >= 4 is 11.6 Å². The molecule has 1 aliphatic rings. The molecule has 0 fully saturated rings. The molecular weight excluding hydrogens is 320 g/mol. The normalized spacial score (nSPS) is 13.6. The van der Waals surface area contributed by atoms with Gasteiger partial charge in [0.1, 0.15) is 13.2 Å². The highest BCUT2D eigenvalue weighted by molar-refractivity contribution is 5.83. The molecule has 1 aliphatic heterocycles. The third-order valence-corrected chi connectivity index (χ3v) is 3.80. The topological polar surface area (TPSA) is 68.8 Å². The Hall–Kier alpha value is -2.99. The van der Waals surface area contributed by atoms with Crippen LogP contribution in [-0.2, 0) is 9.53 Å². The average molecular weight is 340 g/mol. The first kappa shape index (κ1) is 16.9. The van der Waals surface area contributed by atoms with Crippen LogP contribution in [-0.4, -0.2) is 26.2 Å². The number of carbonyl (C=O) groups is 1. The largest absolute Gasteiger partial charge is 0.486 e. The number of methoxy groups -OCH3 is 1. The number of nitrogens with one attached hydrogen (secondary N) is 2. The van der Waals surface area contributed by atoms with E-state index in [0.717, 1.165) is 11.1 Å². The standard InChI is InChI=1S/C19H20N2O4/c1-13(15-8-9-16-17(12-15)25-11-10-24-16)20-21-19(22)18(23-2)14-6-4-3-5-7-14/h3-9,12,18,20H,1,10-11H2,2H3,(H,21,22)/t18-/m1/s1. The Bertz CT molecular complexity index is 761. The minimum Gasteiger partial charge on any atom is -0.486 e. The molecule has 0 unspecified atom stereocenters. The summed E-state index contributed by atoms with van der Waals surface area (Å²) in [7, 11) is 1.49. The van der Waals surface area contributed by atoms with Crippen LogP contribution in [0.5, 0.6) is 11.5 Å². The maximum atomic E-state index is 12.4. The number of benzene rings is 2. The van der Waals surface area contributed by atoms with E-state index in [9.17, 15) is 4.79 Å². The predicted octanol–water partition coefficient (Wildman–Crippen LogP) is 2.44. The van der Waals surface area contributed by atoms with Gasteiger partial charge in [-0.3, -0.25) is 15.6 Å². The molecule has 1 atom stereocenters. The Balaban J connectivity index is 1.62. The second-order valence-corrected chi connectivity index (χ2v) is 5.48. The minimum atomic E-state index is -0.707. The van der Waals surface area contributed by atoms with Gasteiger partial charge in [-0.1, -0.05) is 36.9 Å². The Morgan fingerprint density at radius 3 is 2.52 bits per heavy atom.